The van der Waals surface area contributed by atoms with Crippen molar-refractivity contribution < 1.29 is 9.47 Å². The topological polar surface area (TPSA) is 110 Å². The highest BCUT2D eigenvalue weighted by atomic mass is 35.5. The molecule has 0 spiro atoms. The number of nitrogens with zero attached hydrogens (tertiary/aromatic N) is 4. The largest absolute Gasteiger partial charge is 0.491 e. The number of rotatable bonds is 10. The number of alkyl halides is 1. The molecule has 0 bridgehead atoms. The van der Waals surface area contributed by atoms with Crippen molar-refractivity contribution in [2.75, 3.05) is 19.1 Å². The Balaban J connectivity index is 1.42. The molecule has 0 aliphatic carbocycles. The molecule has 189 valence electrons. The van der Waals surface area contributed by atoms with Gasteiger partial charge in [-0.2, -0.15) is 10.4 Å². The van der Waals surface area contributed by atoms with Gasteiger partial charge in [0.25, 0.3) is 0 Å². The van der Waals surface area contributed by atoms with E-state index >= 15 is 0 Å². The van der Waals surface area contributed by atoms with Crippen molar-refractivity contribution in [2.24, 2.45) is 10.6 Å². The van der Waals surface area contributed by atoms with E-state index in [1.807, 2.05) is 37.4 Å². The number of aromatic nitrogens is 2. The summed E-state index contributed by atoms with van der Waals surface area (Å²) in [6.45, 7) is 6.94. The van der Waals surface area contributed by atoms with Gasteiger partial charge >= 0.3 is 0 Å². The van der Waals surface area contributed by atoms with Gasteiger partial charge in [-0.15, -0.1) is 11.6 Å². The zero-order valence-electron chi connectivity index (χ0n) is 21.1. The highest BCUT2D eigenvalue weighted by molar-refractivity contribution is 6.49. The Bertz CT molecular complexity index is 1340. The molecule has 2 aromatic carbocycles. The Labute approximate surface area is 223 Å². The lowest BCUT2D eigenvalue weighted by Crippen LogP contribution is -2.30. The second kappa shape index (κ2) is 11.5. The number of nitriles is 1. The standard InChI is InChI=1S/C27H29BClN6O2/c1-18-12-21(13-19(14-30)25(18)36-11-9-29)27(2,3)20-4-6-24(7-5-20)37-17-23-8-10-32-26(34-23)35-16-22(28-31)15-33-35/h4-8,10,12-13,15-16,26,34H,9,11,17,31H2,1-3H3. The Morgan fingerprint density at radius 1 is 1.22 bits per heavy atom. The quantitative estimate of drug-likeness (QED) is 0.317. The molecule has 4 rings (SSSR count). The SMILES string of the molecule is Cc1cc(C(C)(C)c2ccc(OCC3=CC=NC(n4cc([B]N)cn4)N3)cc2)cc(C#N)c1OCCCl. The number of ether oxygens (including phenoxy) is 2. The van der Waals surface area contributed by atoms with Gasteiger partial charge in [0.05, 0.1) is 17.1 Å². The lowest BCUT2D eigenvalue weighted by molar-refractivity contribution is 0.319. The summed E-state index contributed by atoms with van der Waals surface area (Å²) in [6.07, 6.45) is 6.77. The van der Waals surface area contributed by atoms with Crippen molar-refractivity contribution >= 4 is 30.7 Å². The summed E-state index contributed by atoms with van der Waals surface area (Å²) in [7, 11) is 1.50. The molecule has 1 aromatic heterocycles. The zero-order valence-corrected chi connectivity index (χ0v) is 21.9. The number of allylic oxidation sites excluding steroid dienone is 1. The molecule has 2 heterocycles. The number of aryl methyl sites for hydroxylation is 1. The molecule has 1 aliphatic rings. The molecule has 1 unspecified atom stereocenters. The van der Waals surface area contributed by atoms with E-state index in [2.05, 4.69) is 53.5 Å². The minimum atomic E-state index is -0.353. The number of aliphatic imine (C=N–C) groups is 1. The van der Waals surface area contributed by atoms with E-state index in [1.165, 1.54) is 7.41 Å². The summed E-state index contributed by atoms with van der Waals surface area (Å²) in [6, 6.07) is 14.2. The van der Waals surface area contributed by atoms with Crippen molar-refractivity contribution in [1.29, 1.82) is 5.26 Å². The normalized spacial score (nSPS) is 14.9. The van der Waals surface area contributed by atoms with Crippen molar-refractivity contribution in [3.05, 3.63) is 82.8 Å². The van der Waals surface area contributed by atoms with E-state index in [0.29, 0.717) is 30.4 Å². The summed E-state index contributed by atoms with van der Waals surface area (Å²) < 4.78 is 13.4. The van der Waals surface area contributed by atoms with E-state index in [1.54, 1.807) is 17.1 Å². The van der Waals surface area contributed by atoms with Crippen LogP contribution in [0.15, 0.2) is 65.6 Å². The first-order chi connectivity index (χ1) is 17.8. The van der Waals surface area contributed by atoms with Crippen molar-refractivity contribution in [1.82, 2.24) is 15.1 Å². The average Bonchev–Trinajstić information content (AvgIpc) is 3.41. The van der Waals surface area contributed by atoms with Gasteiger partial charge in [-0.05, 0) is 53.4 Å². The van der Waals surface area contributed by atoms with Crippen LogP contribution in [0, 0.1) is 18.3 Å². The smallest absolute Gasteiger partial charge is 0.246 e. The van der Waals surface area contributed by atoms with Crippen LogP contribution in [-0.2, 0) is 5.41 Å². The van der Waals surface area contributed by atoms with Gasteiger partial charge in [0.15, 0.2) is 0 Å². The van der Waals surface area contributed by atoms with E-state index < -0.39 is 0 Å². The van der Waals surface area contributed by atoms with Crippen LogP contribution in [0.1, 0.15) is 42.4 Å². The summed E-state index contributed by atoms with van der Waals surface area (Å²) in [4.78, 5) is 4.40. The predicted octanol–water partition coefficient (Wildman–Crippen LogP) is 3.30. The minimum absolute atomic E-state index is 0.333. The molecule has 37 heavy (non-hydrogen) atoms. The summed E-state index contributed by atoms with van der Waals surface area (Å²) in [5, 5.41) is 17.3. The Hall–Kier alpha value is -3.74. The van der Waals surface area contributed by atoms with Gasteiger partial charge in [0, 0.05) is 24.0 Å². The first kappa shape index (κ1) is 26.3. The van der Waals surface area contributed by atoms with Crippen LogP contribution in [0.4, 0.5) is 0 Å². The van der Waals surface area contributed by atoms with E-state index in [4.69, 9.17) is 26.7 Å². The molecule has 3 N–H and O–H groups in total. The van der Waals surface area contributed by atoms with Crippen molar-refractivity contribution in [3.63, 3.8) is 0 Å². The number of nitrogens with one attached hydrogen (secondary N) is 1. The third-order valence-corrected chi connectivity index (χ3v) is 6.45. The van der Waals surface area contributed by atoms with Gasteiger partial charge in [-0.25, -0.2) is 9.67 Å². The second-order valence-corrected chi connectivity index (χ2v) is 9.56. The Morgan fingerprint density at radius 2 is 2.00 bits per heavy atom. The number of hydrogen-bond donors (Lipinski definition) is 2. The fourth-order valence-corrected chi connectivity index (χ4v) is 4.19. The van der Waals surface area contributed by atoms with Gasteiger partial charge in [-0.1, -0.05) is 32.0 Å². The average molecular weight is 516 g/mol. The molecular formula is C27H29BClN6O2. The van der Waals surface area contributed by atoms with Crippen LogP contribution < -0.4 is 25.9 Å². The number of nitrogens with two attached hydrogens (primary N) is 1. The van der Waals surface area contributed by atoms with Crippen LogP contribution in [0.25, 0.3) is 0 Å². The van der Waals surface area contributed by atoms with Crippen LogP contribution in [0.5, 0.6) is 11.5 Å². The molecule has 0 amide bonds. The predicted molar refractivity (Wildman–Crippen MR) is 147 cm³/mol. The van der Waals surface area contributed by atoms with Crippen molar-refractivity contribution in [3.8, 4) is 17.6 Å². The first-order valence-corrected chi connectivity index (χ1v) is 12.4. The number of hydrogen-bond acceptors (Lipinski definition) is 7. The molecule has 8 nitrogen and oxygen atoms in total. The maximum atomic E-state index is 9.69. The van der Waals surface area contributed by atoms with E-state index in [0.717, 1.165) is 33.6 Å². The molecule has 0 saturated heterocycles. The third-order valence-electron chi connectivity index (χ3n) is 6.29. The maximum Gasteiger partial charge on any atom is 0.246 e. The van der Waals surface area contributed by atoms with E-state index in [-0.39, 0.29) is 11.7 Å². The minimum Gasteiger partial charge on any atom is -0.491 e. The Morgan fingerprint density at radius 3 is 2.68 bits per heavy atom. The first-order valence-electron chi connectivity index (χ1n) is 11.9. The molecule has 1 radical (unpaired) electrons. The van der Waals surface area contributed by atoms with Gasteiger partial charge < -0.3 is 20.4 Å². The summed E-state index contributed by atoms with van der Waals surface area (Å²) >= 11 is 5.76. The van der Waals surface area contributed by atoms with Crippen LogP contribution in [0.3, 0.4) is 0 Å². The van der Waals surface area contributed by atoms with Gasteiger partial charge in [0.1, 0.15) is 30.8 Å². The number of benzene rings is 2. The third kappa shape index (κ3) is 5.99. The van der Waals surface area contributed by atoms with Crippen LogP contribution >= 0.6 is 11.6 Å². The molecule has 1 aliphatic heterocycles. The van der Waals surface area contributed by atoms with Gasteiger partial charge in [-0.3, -0.25) is 0 Å². The monoisotopic (exact) mass is 515 g/mol. The van der Waals surface area contributed by atoms with Crippen LogP contribution in [-0.4, -0.2) is 42.5 Å². The molecule has 0 saturated carbocycles. The molecular weight excluding hydrogens is 487 g/mol. The van der Waals surface area contributed by atoms with Crippen LogP contribution in [0.2, 0.25) is 0 Å². The Kier molecular flexibility index (Phi) is 8.22. The second-order valence-electron chi connectivity index (χ2n) is 9.19. The highest BCUT2D eigenvalue weighted by Crippen LogP contribution is 2.36. The number of halogens is 1. The molecule has 10 heteroatoms. The lowest BCUT2D eigenvalue weighted by Gasteiger charge is -2.28. The lowest BCUT2D eigenvalue weighted by atomic mass is 9.77. The highest BCUT2D eigenvalue weighted by Gasteiger charge is 2.25. The maximum absolute atomic E-state index is 9.69. The molecule has 1 atom stereocenters. The van der Waals surface area contributed by atoms with Crippen molar-refractivity contribution in [2.45, 2.75) is 32.5 Å². The molecule has 0 fully saturated rings. The molecule has 3 aromatic rings. The summed E-state index contributed by atoms with van der Waals surface area (Å²) in [5.41, 5.74) is 10.5. The fraction of sp³-hybridized carbons (Fsp3) is 0.296. The van der Waals surface area contributed by atoms with Gasteiger partial charge in [0.2, 0.25) is 13.7 Å². The summed E-state index contributed by atoms with van der Waals surface area (Å²) in [5.74, 6) is 1.71. The van der Waals surface area contributed by atoms with E-state index in [9.17, 15) is 5.26 Å². The zero-order chi connectivity index (χ0) is 26.4. The fourth-order valence-electron chi connectivity index (χ4n) is 4.11.